The Labute approximate surface area is 210 Å². The molecule has 0 saturated carbocycles. The third-order valence-electron chi connectivity index (χ3n) is 6.39. The second-order valence-corrected chi connectivity index (χ2v) is 9.02. The van der Waals surface area contributed by atoms with Crippen LogP contribution in [-0.2, 0) is 13.1 Å². The zero-order valence-corrected chi connectivity index (χ0v) is 20.0. The predicted octanol–water partition coefficient (Wildman–Crippen LogP) is 5.54. The zero-order valence-electron chi connectivity index (χ0n) is 20.0. The number of oxazole rings is 1. The molecule has 0 unspecified atom stereocenters. The largest absolute Gasteiger partial charge is 0.478 e. The van der Waals surface area contributed by atoms with E-state index in [1.54, 1.807) is 24.6 Å². The molecule has 1 N–H and O–H groups in total. The Morgan fingerprint density at radius 1 is 0.806 bits per heavy atom. The summed E-state index contributed by atoms with van der Waals surface area (Å²) in [6.45, 7) is 5.85. The van der Waals surface area contributed by atoms with Crippen molar-refractivity contribution in [1.82, 2.24) is 14.8 Å². The maximum absolute atomic E-state index is 11.1. The van der Waals surface area contributed by atoms with Crippen molar-refractivity contribution in [3.63, 3.8) is 0 Å². The van der Waals surface area contributed by atoms with Crippen molar-refractivity contribution < 1.29 is 19.1 Å². The van der Waals surface area contributed by atoms with Crippen LogP contribution >= 0.6 is 0 Å². The molecule has 4 aromatic rings. The quantitative estimate of drug-likeness (QED) is 0.352. The fourth-order valence-electron chi connectivity index (χ4n) is 4.44. The van der Waals surface area contributed by atoms with Crippen LogP contribution in [0.15, 0.2) is 89.7 Å². The number of rotatable bonds is 8. The van der Waals surface area contributed by atoms with E-state index in [2.05, 4.69) is 26.9 Å². The average molecular weight is 484 g/mol. The maximum atomic E-state index is 11.1. The van der Waals surface area contributed by atoms with Gasteiger partial charge in [-0.3, -0.25) is 9.80 Å². The molecule has 0 amide bonds. The van der Waals surface area contributed by atoms with E-state index < -0.39 is 5.97 Å². The summed E-state index contributed by atoms with van der Waals surface area (Å²) in [6, 6.07) is 23.2. The van der Waals surface area contributed by atoms with Gasteiger partial charge in [0.25, 0.3) is 0 Å². The molecule has 2 heterocycles. The Morgan fingerprint density at radius 2 is 1.36 bits per heavy atom. The second-order valence-electron chi connectivity index (χ2n) is 9.02. The lowest BCUT2D eigenvalue weighted by atomic mass is 10.1. The molecule has 0 atom stereocenters. The zero-order chi connectivity index (χ0) is 24.7. The van der Waals surface area contributed by atoms with Gasteiger partial charge in [-0.1, -0.05) is 24.3 Å². The van der Waals surface area contributed by atoms with Gasteiger partial charge in [0, 0.05) is 31.7 Å². The Bertz CT molecular complexity index is 1250. The smallest absolute Gasteiger partial charge is 0.335 e. The molecule has 1 saturated heterocycles. The number of carbonyl (C=O) groups is 1. The van der Waals surface area contributed by atoms with Gasteiger partial charge >= 0.3 is 5.97 Å². The number of hydrogen-bond donors (Lipinski definition) is 1. The first kappa shape index (κ1) is 23.8. The monoisotopic (exact) mass is 483 g/mol. The fourth-order valence-corrected chi connectivity index (χ4v) is 4.44. The van der Waals surface area contributed by atoms with Gasteiger partial charge in [-0.15, -0.1) is 0 Å². The first-order chi connectivity index (χ1) is 17.6. The Balaban J connectivity index is 1.11. The molecule has 1 aliphatic rings. The van der Waals surface area contributed by atoms with Crippen molar-refractivity contribution in [3.8, 4) is 23.0 Å². The minimum absolute atomic E-state index is 0.331. The number of hydrogen-bond acceptors (Lipinski definition) is 6. The lowest BCUT2D eigenvalue weighted by Gasteiger charge is -2.22. The number of aromatic nitrogens is 1. The summed E-state index contributed by atoms with van der Waals surface area (Å²) in [7, 11) is 0. The normalized spacial score (nSPS) is 14.9. The van der Waals surface area contributed by atoms with Gasteiger partial charge in [-0.2, -0.15) is 0 Å². The number of aromatic carboxylic acids is 1. The van der Waals surface area contributed by atoms with Crippen molar-refractivity contribution in [1.29, 1.82) is 0 Å². The molecular weight excluding hydrogens is 454 g/mol. The molecular formula is C29H29N3O4. The lowest BCUT2D eigenvalue weighted by molar-refractivity contribution is 0.0697. The van der Waals surface area contributed by atoms with E-state index in [1.807, 2.05) is 48.5 Å². The van der Waals surface area contributed by atoms with Gasteiger partial charge in [0.1, 0.15) is 17.8 Å². The van der Waals surface area contributed by atoms with Gasteiger partial charge in [0.2, 0.25) is 5.89 Å². The fraction of sp³-hybridized carbons (Fsp3) is 0.241. The Morgan fingerprint density at radius 3 is 1.89 bits per heavy atom. The highest BCUT2D eigenvalue weighted by Gasteiger charge is 2.16. The highest BCUT2D eigenvalue weighted by atomic mass is 16.5. The third-order valence-corrected chi connectivity index (χ3v) is 6.39. The molecule has 36 heavy (non-hydrogen) atoms. The molecule has 0 spiro atoms. The standard InChI is InChI=1S/C29H29N3O4/c33-29(34)25-6-2-22(3-7-25)20-31-15-1-16-32(18-17-31)21-23-4-10-26(11-5-23)36-27-12-8-24(9-13-27)28-30-14-19-35-28/h2-14,19H,1,15-18,20-21H2,(H,33,34). The summed E-state index contributed by atoms with van der Waals surface area (Å²) in [4.78, 5) is 20.2. The van der Waals surface area contributed by atoms with Crippen LogP contribution in [0, 0.1) is 0 Å². The first-order valence-corrected chi connectivity index (χ1v) is 12.2. The Kier molecular flexibility index (Phi) is 7.40. The maximum Gasteiger partial charge on any atom is 0.335 e. The molecule has 0 aliphatic carbocycles. The van der Waals surface area contributed by atoms with Crippen LogP contribution in [0.1, 0.15) is 27.9 Å². The first-order valence-electron chi connectivity index (χ1n) is 12.2. The number of ether oxygens (including phenoxy) is 1. The molecule has 7 heteroatoms. The summed E-state index contributed by atoms with van der Waals surface area (Å²) in [5.41, 5.74) is 3.66. The van der Waals surface area contributed by atoms with E-state index >= 15 is 0 Å². The van der Waals surface area contributed by atoms with E-state index in [4.69, 9.17) is 14.3 Å². The van der Waals surface area contributed by atoms with Crippen molar-refractivity contribution in [2.45, 2.75) is 19.5 Å². The second kappa shape index (κ2) is 11.2. The van der Waals surface area contributed by atoms with Crippen LogP contribution in [0.3, 0.4) is 0 Å². The molecule has 0 radical (unpaired) electrons. The molecule has 1 fully saturated rings. The molecule has 7 nitrogen and oxygen atoms in total. The molecule has 1 aromatic heterocycles. The van der Waals surface area contributed by atoms with Crippen molar-refractivity contribution in [3.05, 3.63) is 102 Å². The van der Waals surface area contributed by atoms with Gasteiger partial charge in [-0.05, 0) is 79.2 Å². The van der Waals surface area contributed by atoms with E-state index in [-0.39, 0.29) is 0 Å². The number of carboxylic acids is 1. The highest BCUT2D eigenvalue weighted by Crippen LogP contribution is 2.25. The summed E-state index contributed by atoms with van der Waals surface area (Å²) >= 11 is 0. The SMILES string of the molecule is O=C(O)c1ccc(CN2CCCN(Cc3ccc(Oc4ccc(-c5ncco5)cc4)cc3)CC2)cc1. The predicted molar refractivity (Wildman–Crippen MR) is 137 cm³/mol. The van der Waals surface area contributed by atoms with Crippen molar-refractivity contribution in [2.75, 3.05) is 26.2 Å². The van der Waals surface area contributed by atoms with Crippen LogP contribution in [0.5, 0.6) is 11.5 Å². The minimum Gasteiger partial charge on any atom is -0.478 e. The van der Waals surface area contributed by atoms with Crippen molar-refractivity contribution in [2.24, 2.45) is 0 Å². The van der Waals surface area contributed by atoms with E-state index in [1.165, 1.54) is 5.56 Å². The van der Waals surface area contributed by atoms with Crippen LogP contribution in [0.2, 0.25) is 0 Å². The van der Waals surface area contributed by atoms with E-state index in [0.717, 1.165) is 68.3 Å². The van der Waals surface area contributed by atoms with Crippen LogP contribution in [0.25, 0.3) is 11.5 Å². The van der Waals surface area contributed by atoms with E-state index in [9.17, 15) is 4.79 Å². The summed E-state index contributed by atoms with van der Waals surface area (Å²) in [5.74, 6) is 1.28. The van der Waals surface area contributed by atoms with Crippen molar-refractivity contribution >= 4 is 5.97 Å². The van der Waals surface area contributed by atoms with E-state index in [0.29, 0.717) is 11.5 Å². The Hall–Kier alpha value is -3.94. The number of nitrogens with zero attached hydrogens (tertiary/aromatic N) is 3. The summed E-state index contributed by atoms with van der Waals surface area (Å²) in [5, 5.41) is 9.08. The number of benzene rings is 3. The van der Waals surface area contributed by atoms with Gasteiger partial charge in [0.15, 0.2) is 0 Å². The van der Waals surface area contributed by atoms with Crippen LogP contribution < -0.4 is 4.74 Å². The molecule has 0 bridgehead atoms. The van der Waals surface area contributed by atoms with Gasteiger partial charge in [-0.25, -0.2) is 9.78 Å². The summed E-state index contributed by atoms with van der Waals surface area (Å²) < 4.78 is 11.3. The minimum atomic E-state index is -0.885. The molecule has 5 rings (SSSR count). The molecule has 1 aliphatic heterocycles. The highest BCUT2D eigenvalue weighted by molar-refractivity contribution is 5.87. The summed E-state index contributed by atoms with van der Waals surface area (Å²) in [6.07, 6.45) is 4.30. The topological polar surface area (TPSA) is 79.0 Å². The van der Waals surface area contributed by atoms with Crippen LogP contribution in [0.4, 0.5) is 0 Å². The molecule has 3 aromatic carbocycles. The number of carboxylic acid groups (broad SMARTS) is 1. The van der Waals surface area contributed by atoms with Gasteiger partial charge < -0.3 is 14.3 Å². The molecule has 184 valence electrons. The average Bonchev–Trinajstić information content (AvgIpc) is 3.35. The lowest BCUT2D eigenvalue weighted by Crippen LogP contribution is -2.30. The van der Waals surface area contributed by atoms with Gasteiger partial charge in [0.05, 0.1) is 11.8 Å². The van der Waals surface area contributed by atoms with Crippen LogP contribution in [-0.4, -0.2) is 52.0 Å². The third kappa shape index (κ3) is 6.19.